The van der Waals surface area contributed by atoms with E-state index in [1.165, 1.54) is 10.5 Å². The minimum absolute atomic E-state index is 0.132. The molecule has 1 atom stereocenters. The molecule has 0 saturated carbocycles. The lowest BCUT2D eigenvalue weighted by Gasteiger charge is -2.09. The average molecular weight is 197 g/mol. The van der Waals surface area contributed by atoms with Gasteiger partial charge in [-0.2, -0.15) is 0 Å². The molecule has 0 aliphatic rings. The number of methoxy groups -OCH3 is 1. The molecule has 1 rings (SSSR count). The second kappa shape index (κ2) is 4.53. The van der Waals surface area contributed by atoms with Crippen LogP contribution in [-0.4, -0.2) is 12.5 Å². The minimum atomic E-state index is 0.132. The predicted octanol–water partition coefficient (Wildman–Crippen LogP) is 2.40. The maximum absolute atomic E-state index is 5.70. The van der Waals surface area contributed by atoms with E-state index < -0.39 is 0 Å². The fraction of sp³-hybridized carbons (Fsp3) is 0.400. The maximum atomic E-state index is 5.70. The highest BCUT2D eigenvalue weighted by atomic mass is 32.2. The lowest BCUT2D eigenvalue weighted by molar-refractivity contribution is 0.414. The Kier molecular flexibility index (Phi) is 3.63. The third-order valence-corrected chi connectivity index (χ3v) is 2.78. The Morgan fingerprint density at radius 3 is 2.62 bits per heavy atom. The van der Waals surface area contributed by atoms with Crippen LogP contribution in [0.5, 0.6) is 5.75 Å². The second-order valence-electron chi connectivity index (χ2n) is 2.95. The van der Waals surface area contributed by atoms with Gasteiger partial charge in [0.05, 0.1) is 12.5 Å². The Morgan fingerprint density at radius 2 is 2.15 bits per heavy atom. The van der Waals surface area contributed by atoms with Gasteiger partial charge in [0.1, 0.15) is 5.75 Å². The summed E-state index contributed by atoms with van der Waals surface area (Å²) >= 11 is 1.67. The van der Waals surface area contributed by atoms with Crippen molar-refractivity contribution in [1.82, 2.24) is 0 Å². The highest BCUT2D eigenvalue weighted by Crippen LogP contribution is 2.27. The molecule has 1 aromatic carbocycles. The van der Waals surface area contributed by atoms with Gasteiger partial charge in [0, 0.05) is 4.90 Å². The van der Waals surface area contributed by atoms with E-state index >= 15 is 0 Å². The zero-order valence-corrected chi connectivity index (χ0v) is 9.02. The minimum Gasteiger partial charge on any atom is -0.497 e. The molecule has 1 aromatic rings. The Morgan fingerprint density at radius 1 is 1.46 bits per heavy atom. The van der Waals surface area contributed by atoms with Crippen LogP contribution in [0.15, 0.2) is 23.1 Å². The molecule has 0 saturated heterocycles. The van der Waals surface area contributed by atoms with E-state index in [1.807, 2.05) is 25.1 Å². The highest BCUT2D eigenvalue weighted by molar-refractivity contribution is 7.99. The zero-order chi connectivity index (χ0) is 9.84. The number of hydrogen-bond acceptors (Lipinski definition) is 3. The third-order valence-electron chi connectivity index (χ3n) is 1.69. The smallest absolute Gasteiger partial charge is 0.119 e. The molecule has 0 fully saturated rings. The standard InChI is InChI=1S/C10H15NOS/c1-7-6-9(12-3)4-5-10(7)13-8(2)11/h4-6,8H,11H2,1-3H3. The first-order valence-electron chi connectivity index (χ1n) is 4.20. The second-order valence-corrected chi connectivity index (χ2v) is 4.37. The molecule has 2 nitrogen and oxygen atoms in total. The number of benzene rings is 1. The van der Waals surface area contributed by atoms with Gasteiger partial charge in [0.2, 0.25) is 0 Å². The van der Waals surface area contributed by atoms with Gasteiger partial charge in [0.15, 0.2) is 0 Å². The number of hydrogen-bond donors (Lipinski definition) is 1. The fourth-order valence-electron chi connectivity index (χ4n) is 1.08. The van der Waals surface area contributed by atoms with Gasteiger partial charge in [-0.15, -0.1) is 11.8 Å². The molecule has 0 aliphatic carbocycles. The lowest BCUT2D eigenvalue weighted by Crippen LogP contribution is -2.09. The van der Waals surface area contributed by atoms with E-state index in [4.69, 9.17) is 10.5 Å². The Hall–Kier alpha value is -0.670. The van der Waals surface area contributed by atoms with Gasteiger partial charge in [-0.3, -0.25) is 0 Å². The molecule has 3 heteroatoms. The normalized spacial score (nSPS) is 12.6. The number of thioether (sulfide) groups is 1. The molecule has 0 radical (unpaired) electrons. The summed E-state index contributed by atoms with van der Waals surface area (Å²) in [4.78, 5) is 1.22. The van der Waals surface area contributed by atoms with Crippen molar-refractivity contribution in [3.05, 3.63) is 23.8 Å². The van der Waals surface area contributed by atoms with Gasteiger partial charge in [-0.1, -0.05) is 0 Å². The van der Waals surface area contributed by atoms with E-state index in [-0.39, 0.29) is 5.37 Å². The van der Waals surface area contributed by atoms with Gasteiger partial charge >= 0.3 is 0 Å². The van der Waals surface area contributed by atoms with Crippen molar-refractivity contribution in [2.24, 2.45) is 5.73 Å². The van der Waals surface area contributed by atoms with Crippen LogP contribution in [0.4, 0.5) is 0 Å². The van der Waals surface area contributed by atoms with Crippen LogP contribution in [0, 0.1) is 6.92 Å². The van der Waals surface area contributed by atoms with Crippen molar-refractivity contribution in [3.8, 4) is 5.75 Å². The number of nitrogens with two attached hydrogens (primary N) is 1. The van der Waals surface area contributed by atoms with E-state index in [9.17, 15) is 0 Å². The summed E-state index contributed by atoms with van der Waals surface area (Å²) in [5, 5.41) is 0.132. The Bertz CT molecular complexity index is 286. The molecule has 0 amide bonds. The van der Waals surface area contributed by atoms with E-state index in [2.05, 4.69) is 6.92 Å². The van der Waals surface area contributed by atoms with Crippen LogP contribution in [0.1, 0.15) is 12.5 Å². The van der Waals surface area contributed by atoms with Gasteiger partial charge < -0.3 is 10.5 Å². The molecule has 2 N–H and O–H groups in total. The molecule has 72 valence electrons. The quantitative estimate of drug-likeness (QED) is 0.597. The van der Waals surface area contributed by atoms with Crippen molar-refractivity contribution in [2.75, 3.05) is 7.11 Å². The Balaban J connectivity index is 2.85. The van der Waals surface area contributed by atoms with Crippen molar-refractivity contribution in [3.63, 3.8) is 0 Å². The van der Waals surface area contributed by atoms with Crippen molar-refractivity contribution < 1.29 is 4.74 Å². The van der Waals surface area contributed by atoms with Crippen LogP contribution < -0.4 is 10.5 Å². The first-order chi connectivity index (χ1) is 6.13. The molecule has 0 bridgehead atoms. The molecular formula is C10H15NOS. The van der Waals surface area contributed by atoms with Crippen LogP contribution in [0.3, 0.4) is 0 Å². The van der Waals surface area contributed by atoms with Crippen LogP contribution in [-0.2, 0) is 0 Å². The van der Waals surface area contributed by atoms with Crippen molar-refractivity contribution in [2.45, 2.75) is 24.1 Å². The first-order valence-corrected chi connectivity index (χ1v) is 5.08. The number of rotatable bonds is 3. The van der Waals surface area contributed by atoms with E-state index in [0.717, 1.165) is 5.75 Å². The van der Waals surface area contributed by atoms with E-state index in [1.54, 1.807) is 18.9 Å². The summed E-state index contributed by atoms with van der Waals surface area (Å²) in [6.45, 7) is 4.04. The lowest BCUT2D eigenvalue weighted by atomic mass is 10.2. The molecule has 0 heterocycles. The largest absolute Gasteiger partial charge is 0.497 e. The summed E-state index contributed by atoms with van der Waals surface area (Å²) in [5.74, 6) is 0.895. The van der Waals surface area contributed by atoms with Gasteiger partial charge in [0.25, 0.3) is 0 Å². The predicted molar refractivity (Wildman–Crippen MR) is 57.2 cm³/mol. The fourth-order valence-corrected chi connectivity index (χ4v) is 1.87. The van der Waals surface area contributed by atoms with Crippen molar-refractivity contribution in [1.29, 1.82) is 0 Å². The zero-order valence-electron chi connectivity index (χ0n) is 8.20. The van der Waals surface area contributed by atoms with Crippen LogP contribution in [0.25, 0.3) is 0 Å². The summed E-state index contributed by atoms with van der Waals surface area (Å²) in [7, 11) is 1.67. The SMILES string of the molecule is COc1ccc(SC(C)N)c(C)c1. The van der Waals surface area contributed by atoms with Crippen LogP contribution >= 0.6 is 11.8 Å². The van der Waals surface area contributed by atoms with Gasteiger partial charge in [-0.05, 0) is 37.6 Å². The summed E-state index contributed by atoms with van der Waals surface area (Å²) in [6.07, 6.45) is 0. The van der Waals surface area contributed by atoms with Crippen molar-refractivity contribution >= 4 is 11.8 Å². The van der Waals surface area contributed by atoms with E-state index in [0.29, 0.717) is 0 Å². The topological polar surface area (TPSA) is 35.2 Å². The summed E-state index contributed by atoms with van der Waals surface area (Å²) in [5.41, 5.74) is 6.91. The highest BCUT2D eigenvalue weighted by Gasteiger charge is 2.03. The molecule has 0 aliphatic heterocycles. The molecule has 0 aromatic heterocycles. The molecule has 1 unspecified atom stereocenters. The molecular weight excluding hydrogens is 182 g/mol. The Labute approximate surface area is 83.5 Å². The third kappa shape index (κ3) is 2.94. The molecule has 0 spiro atoms. The number of ether oxygens (including phenoxy) is 1. The summed E-state index contributed by atoms with van der Waals surface area (Å²) < 4.78 is 5.11. The molecule has 13 heavy (non-hydrogen) atoms. The number of aryl methyl sites for hydroxylation is 1. The summed E-state index contributed by atoms with van der Waals surface area (Å²) in [6, 6.07) is 6.02. The maximum Gasteiger partial charge on any atom is 0.119 e. The first kappa shape index (κ1) is 10.4. The monoisotopic (exact) mass is 197 g/mol. The average Bonchev–Trinajstić information content (AvgIpc) is 2.08. The van der Waals surface area contributed by atoms with Gasteiger partial charge in [-0.25, -0.2) is 0 Å². The van der Waals surface area contributed by atoms with Crippen LogP contribution in [0.2, 0.25) is 0 Å².